The number of nitrogens with zero attached hydrogens (tertiary/aromatic N) is 4. The summed E-state index contributed by atoms with van der Waals surface area (Å²) >= 11 is 3.20. The van der Waals surface area contributed by atoms with Crippen LogP contribution < -0.4 is 9.64 Å². The maximum atomic E-state index is 14.8. The molecule has 4 rings (SSSR count). The topological polar surface area (TPSA) is 88.0 Å². The van der Waals surface area contributed by atoms with E-state index in [1.165, 1.54) is 0 Å². The number of rotatable bonds is 4. The minimum atomic E-state index is -0.555. The zero-order chi connectivity index (χ0) is 22.3. The summed E-state index contributed by atoms with van der Waals surface area (Å²) in [5, 5.41) is 9.65. The van der Waals surface area contributed by atoms with Crippen molar-refractivity contribution >= 4 is 38.7 Å². The zero-order valence-electron chi connectivity index (χ0n) is 17.8. The molecular formula is C21H26BrFN4O4. The summed E-state index contributed by atoms with van der Waals surface area (Å²) < 4.78 is 26.1. The molecule has 10 heteroatoms. The zero-order valence-corrected chi connectivity index (χ0v) is 19.4. The van der Waals surface area contributed by atoms with Gasteiger partial charge in [0, 0.05) is 18.5 Å². The molecule has 0 radical (unpaired) electrons. The van der Waals surface area contributed by atoms with E-state index in [2.05, 4.69) is 30.8 Å². The van der Waals surface area contributed by atoms with Crippen LogP contribution in [0.15, 0.2) is 16.6 Å². The van der Waals surface area contributed by atoms with Crippen LogP contribution in [-0.4, -0.2) is 70.1 Å². The molecular weight excluding hydrogens is 471 g/mol. The fourth-order valence-electron chi connectivity index (χ4n) is 4.23. The number of aliphatic hydroxyl groups excluding tert-OH is 1. The summed E-state index contributed by atoms with van der Waals surface area (Å²) in [4.78, 5) is 25.4. The number of benzene rings is 1. The Bertz CT molecular complexity index is 985. The predicted molar refractivity (Wildman–Crippen MR) is 117 cm³/mol. The van der Waals surface area contributed by atoms with Crippen LogP contribution in [0.5, 0.6) is 6.01 Å². The van der Waals surface area contributed by atoms with Crippen molar-refractivity contribution in [1.82, 2.24) is 14.9 Å². The number of hydrogen-bond donors (Lipinski definition) is 1. The predicted octanol–water partition coefficient (Wildman–Crippen LogP) is 3.49. The van der Waals surface area contributed by atoms with Gasteiger partial charge < -0.3 is 19.5 Å². The molecule has 2 aromatic rings. The Morgan fingerprint density at radius 2 is 1.94 bits per heavy atom. The molecule has 3 heterocycles. The summed E-state index contributed by atoms with van der Waals surface area (Å²) in [6.45, 7) is 6.50. The van der Waals surface area contributed by atoms with Crippen LogP contribution in [0.4, 0.5) is 15.0 Å². The van der Waals surface area contributed by atoms with Gasteiger partial charge in [0.15, 0.2) is 5.82 Å². The molecule has 1 aromatic carbocycles. The van der Waals surface area contributed by atoms with E-state index in [9.17, 15) is 9.18 Å². The molecule has 2 fully saturated rings. The number of fused-ring (bicyclic) bond motifs is 3. The van der Waals surface area contributed by atoms with Crippen molar-refractivity contribution in [3.8, 4) is 6.01 Å². The van der Waals surface area contributed by atoms with Crippen LogP contribution in [0.25, 0.3) is 10.9 Å². The van der Waals surface area contributed by atoms with Gasteiger partial charge in [-0.05, 0) is 61.7 Å². The summed E-state index contributed by atoms with van der Waals surface area (Å²) in [5.74, 6) is 0.0652. The lowest BCUT2D eigenvalue weighted by atomic mass is 10.1. The Kier molecular flexibility index (Phi) is 5.95. The number of amides is 1. The lowest BCUT2D eigenvalue weighted by Gasteiger charge is -2.42. The maximum absolute atomic E-state index is 14.8. The Morgan fingerprint density at radius 3 is 2.55 bits per heavy atom. The van der Waals surface area contributed by atoms with Gasteiger partial charge in [-0.3, -0.25) is 4.90 Å². The largest absolute Gasteiger partial charge is 0.461 e. The molecule has 2 aliphatic heterocycles. The first kappa shape index (κ1) is 22.0. The van der Waals surface area contributed by atoms with E-state index in [-0.39, 0.29) is 42.9 Å². The van der Waals surface area contributed by atoms with Crippen LogP contribution in [0, 0.1) is 5.82 Å². The first-order valence-electron chi connectivity index (χ1n) is 10.3. The quantitative estimate of drug-likeness (QED) is 0.692. The van der Waals surface area contributed by atoms with E-state index < -0.39 is 11.4 Å². The minimum Gasteiger partial charge on any atom is -0.461 e. The van der Waals surface area contributed by atoms with Gasteiger partial charge in [0.2, 0.25) is 0 Å². The summed E-state index contributed by atoms with van der Waals surface area (Å²) in [5.41, 5.74) is -0.408. The van der Waals surface area contributed by atoms with Crippen molar-refractivity contribution in [2.45, 2.75) is 51.3 Å². The van der Waals surface area contributed by atoms with Gasteiger partial charge in [-0.15, -0.1) is 0 Å². The number of halogens is 2. The molecule has 0 spiro atoms. The van der Waals surface area contributed by atoms with E-state index >= 15 is 0 Å². The van der Waals surface area contributed by atoms with Crippen molar-refractivity contribution in [3.05, 3.63) is 22.4 Å². The third kappa shape index (κ3) is 4.41. The highest BCUT2D eigenvalue weighted by molar-refractivity contribution is 9.10. The first-order valence-corrected chi connectivity index (χ1v) is 11.1. The number of aromatic nitrogens is 2. The second-order valence-corrected chi connectivity index (χ2v) is 9.69. The first-order chi connectivity index (χ1) is 14.7. The Labute approximate surface area is 188 Å². The molecule has 2 saturated heterocycles. The molecule has 0 saturated carbocycles. The van der Waals surface area contributed by atoms with Crippen LogP contribution in [0.3, 0.4) is 0 Å². The molecule has 8 nitrogen and oxygen atoms in total. The van der Waals surface area contributed by atoms with Crippen molar-refractivity contribution in [2.75, 3.05) is 31.2 Å². The molecule has 168 valence electrons. The number of carbonyl (C=O) groups excluding carboxylic acids is 1. The fourth-order valence-corrected chi connectivity index (χ4v) is 4.55. The van der Waals surface area contributed by atoms with Crippen LogP contribution in [0.2, 0.25) is 0 Å². The third-order valence-corrected chi connectivity index (χ3v) is 6.04. The molecule has 1 aromatic heterocycles. The third-order valence-electron chi connectivity index (χ3n) is 5.43. The normalized spacial score (nSPS) is 21.0. The van der Waals surface area contributed by atoms with E-state index in [1.54, 1.807) is 12.1 Å². The minimum absolute atomic E-state index is 0.00969. The number of piperazine rings is 1. The molecule has 2 atom stereocenters. The highest BCUT2D eigenvalue weighted by atomic mass is 79.9. The summed E-state index contributed by atoms with van der Waals surface area (Å²) in [7, 11) is 0. The SMILES string of the molecule is CC(C)(C)OC(=O)N1C2CCC1CN(c1nc(OCCO)nc3c(F)c(Br)ccc13)C2. The Hall–Kier alpha value is -2.20. The Balaban J connectivity index is 1.67. The molecule has 2 bridgehead atoms. The number of aliphatic hydroxyl groups is 1. The second kappa shape index (κ2) is 8.38. The highest BCUT2D eigenvalue weighted by Gasteiger charge is 2.45. The lowest BCUT2D eigenvalue weighted by Crippen LogP contribution is -2.57. The molecule has 2 aliphatic rings. The average Bonchev–Trinajstić information content (AvgIpc) is 2.97. The van der Waals surface area contributed by atoms with E-state index in [0.717, 1.165) is 12.8 Å². The van der Waals surface area contributed by atoms with Crippen molar-refractivity contribution < 1.29 is 23.8 Å². The van der Waals surface area contributed by atoms with Crippen LogP contribution in [-0.2, 0) is 4.74 Å². The molecule has 31 heavy (non-hydrogen) atoms. The number of anilines is 1. The fraction of sp³-hybridized carbons (Fsp3) is 0.571. The van der Waals surface area contributed by atoms with Gasteiger partial charge in [0.1, 0.15) is 23.5 Å². The molecule has 2 unspecified atom stereocenters. The standard InChI is InChI=1S/C21H26BrFN4O4/c1-21(2,3)31-20(29)27-12-4-5-13(27)11-26(10-12)18-14-6-7-15(22)16(23)17(14)24-19(25-18)30-9-8-28/h6-7,12-13,28H,4-5,8-11H2,1-3H3. The summed E-state index contributed by atoms with van der Waals surface area (Å²) in [6, 6.07) is 3.39. The highest BCUT2D eigenvalue weighted by Crippen LogP contribution is 2.37. The van der Waals surface area contributed by atoms with Gasteiger partial charge in [-0.1, -0.05) is 0 Å². The van der Waals surface area contributed by atoms with Gasteiger partial charge in [-0.2, -0.15) is 9.97 Å². The monoisotopic (exact) mass is 496 g/mol. The lowest BCUT2D eigenvalue weighted by molar-refractivity contribution is 0.0123. The number of carbonyl (C=O) groups is 1. The number of ether oxygens (including phenoxy) is 2. The van der Waals surface area contributed by atoms with Crippen molar-refractivity contribution in [3.63, 3.8) is 0 Å². The van der Waals surface area contributed by atoms with Gasteiger partial charge >= 0.3 is 12.1 Å². The second-order valence-electron chi connectivity index (χ2n) is 8.84. The smallest absolute Gasteiger partial charge is 0.410 e. The van der Waals surface area contributed by atoms with Gasteiger partial charge in [0.25, 0.3) is 0 Å². The van der Waals surface area contributed by atoms with Gasteiger partial charge in [0.05, 0.1) is 23.2 Å². The molecule has 1 amide bonds. The van der Waals surface area contributed by atoms with Crippen molar-refractivity contribution in [1.29, 1.82) is 0 Å². The van der Waals surface area contributed by atoms with Crippen LogP contribution in [0.1, 0.15) is 33.6 Å². The van der Waals surface area contributed by atoms with E-state index in [4.69, 9.17) is 14.6 Å². The van der Waals surface area contributed by atoms with Crippen molar-refractivity contribution in [2.24, 2.45) is 0 Å². The molecule has 1 N–H and O–H groups in total. The van der Waals surface area contributed by atoms with E-state index in [1.807, 2.05) is 25.7 Å². The molecule has 0 aliphatic carbocycles. The average molecular weight is 497 g/mol. The summed E-state index contributed by atoms with van der Waals surface area (Å²) in [6.07, 6.45) is 1.45. The Morgan fingerprint density at radius 1 is 1.26 bits per heavy atom. The maximum Gasteiger partial charge on any atom is 0.410 e. The van der Waals surface area contributed by atoms with Crippen LogP contribution >= 0.6 is 15.9 Å². The number of hydrogen-bond acceptors (Lipinski definition) is 7. The van der Waals surface area contributed by atoms with E-state index in [0.29, 0.717) is 28.8 Å². The van der Waals surface area contributed by atoms with Gasteiger partial charge in [-0.25, -0.2) is 9.18 Å².